The summed E-state index contributed by atoms with van der Waals surface area (Å²) in [7, 11) is 1.65. The van der Waals surface area contributed by atoms with Crippen LogP contribution < -0.4 is 4.74 Å². The van der Waals surface area contributed by atoms with Crippen LogP contribution in [0.3, 0.4) is 0 Å². The van der Waals surface area contributed by atoms with Crippen LogP contribution in [0.1, 0.15) is 23.1 Å². The van der Waals surface area contributed by atoms with Gasteiger partial charge in [0, 0.05) is 24.3 Å². The van der Waals surface area contributed by atoms with Crippen LogP contribution in [-0.2, 0) is 11.3 Å². The summed E-state index contributed by atoms with van der Waals surface area (Å²) in [6.07, 6.45) is 2.41. The third-order valence-corrected chi connectivity index (χ3v) is 5.88. The van der Waals surface area contributed by atoms with Crippen LogP contribution in [0.15, 0.2) is 60.8 Å². The number of carbonyl (C=O) groups excluding carboxylic acids is 1. The molecule has 0 aliphatic carbocycles. The standard InChI is InChI=1S/C21H21N3O2S/c1-26-17-9-7-15(8-10-17)14-24-19(25)11-12-27-21(24)18-13-22-20(23-18)16-5-3-2-4-6-16/h2-10,13,21H,11-12,14H2,1H3,(H,22,23). The van der Waals surface area contributed by atoms with E-state index in [0.29, 0.717) is 13.0 Å². The lowest BCUT2D eigenvalue weighted by atomic mass is 10.2. The normalized spacial score (nSPS) is 17.1. The number of aromatic nitrogens is 2. The van der Waals surface area contributed by atoms with Crippen LogP contribution in [0, 0.1) is 0 Å². The zero-order chi connectivity index (χ0) is 18.6. The van der Waals surface area contributed by atoms with E-state index in [9.17, 15) is 4.79 Å². The fraction of sp³-hybridized carbons (Fsp3) is 0.238. The summed E-state index contributed by atoms with van der Waals surface area (Å²) in [5.74, 6) is 2.64. The first-order valence-corrected chi connectivity index (χ1v) is 9.94. The first-order chi connectivity index (χ1) is 13.2. The van der Waals surface area contributed by atoms with Crippen molar-refractivity contribution in [2.75, 3.05) is 12.9 Å². The predicted octanol–water partition coefficient (Wildman–Crippen LogP) is 4.25. The lowest BCUT2D eigenvalue weighted by Gasteiger charge is -2.34. The highest BCUT2D eigenvalue weighted by Crippen LogP contribution is 2.38. The van der Waals surface area contributed by atoms with Crippen molar-refractivity contribution in [3.8, 4) is 17.1 Å². The van der Waals surface area contributed by atoms with Crippen molar-refractivity contribution >= 4 is 17.7 Å². The zero-order valence-corrected chi connectivity index (χ0v) is 15.9. The molecule has 4 rings (SSSR count). The molecule has 2 heterocycles. The number of thioether (sulfide) groups is 1. The fourth-order valence-electron chi connectivity index (χ4n) is 3.18. The Morgan fingerprint density at radius 2 is 1.96 bits per heavy atom. The van der Waals surface area contributed by atoms with Gasteiger partial charge < -0.3 is 14.6 Å². The summed E-state index contributed by atoms with van der Waals surface area (Å²) in [6.45, 7) is 0.570. The molecule has 1 saturated heterocycles. The van der Waals surface area contributed by atoms with Gasteiger partial charge in [0.15, 0.2) is 0 Å². The lowest BCUT2D eigenvalue weighted by Crippen LogP contribution is -2.36. The fourth-order valence-corrected chi connectivity index (χ4v) is 4.37. The number of nitrogens with zero attached hydrogens (tertiary/aromatic N) is 2. The summed E-state index contributed by atoms with van der Waals surface area (Å²) in [5, 5.41) is -0.0571. The van der Waals surface area contributed by atoms with Gasteiger partial charge in [-0.1, -0.05) is 42.5 Å². The Kier molecular flexibility index (Phi) is 5.16. The highest BCUT2D eigenvalue weighted by atomic mass is 32.2. The van der Waals surface area contributed by atoms with Crippen molar-refractivity contribution in [1.29, 1.82) is 0 Å². The predicted molar refractivity (Wildman–Crippen MR) is 107 cm³/mol. The molecule has 1 aliphatic rings. The maximum absolute atomic E-state index is 12.6. The van der Waals surface area contributed by atoms with Gasteiger partial charge in [-0.2, -0.15) is 0 Å². The maximum Gasteiger partial charge on any atom is 0.224 e. The Hall–Kier alpha value is -2.73. The minimum absolute atomic E-state index is 0.0571. The molecule has 6 heteroatoms. The van der Waals surface area contributed by atoms with Crippen LogP contribution >= 0.6 is 11.8 Å². The highest BCUT2D eigenvalue weighted by molar-refractivity contribution is 7.99. The summed E-state index contributed by atoms with van der Waals surface area (Å²) in [6, 6.07) is 17.9. The molecule has 138 valence electrons. The van der Waals surface area contributed by atoms with Crippen LogP contribution in [0.4, 0.5) is 0 Å². The third kappa shape index (κ3) is 3.85. The quantitative estimate of drug-likeness (QED) is 0.720. The van der Waals surface area contributed by atoms with Gasteiger partial charge in [-0.25, -0.2) is 4.98 Å². The molecule has 1 atom stereocenters. The Morgan fingerprint density at radius 1 is 1.19 bits per heavy atom. The van der Waals surface area contributed by atoms with Gasteiger partial charge in [-0.3, -0.25) is 4.79 Å². The largest absolute Gasteiger partial charge is 0.497 e. The lowest BCUT2D eigenvalue weighted by molar-refractivity contribution is -0.132. The topological polar surface area (TPSA) is 58.2 Å². The van der Waals surface area contributed by atoms with E-state index in [1.807, 2.05) is 65.7 Å². The van der Waals surface area contributed by atoms with Crippen molar-refractivity contribution in [3.05, 3.63) is 72.1 Å². The van der Waals surface area contributed by atoms with Crippen LogP contribution in [0.25, 0.3) is 11.4 Å². The van der Waals surface area contributed by atoms with E-state index in [1.54, 1.807) is 18.9 Å². The number of aromatic amines is 1. The number of rotatable bonds is 5. The van der Waals surface area contributed by atoms with Gasteiger partial charge >= 0.3 is 0 Å². The number of hydrogen-bond donors (Lipinski definition) is 1. The highest BCUT2D eigenvalue weighted by Gasteiger charge is 2.31. The van der Waals surface area contributed by atoms with Crippen LogP contribution in [0.2, 0.25) is 0 Å². The second-order valence-corrected chi connectivity index (χ2v) is 7.58. The van der Waals surface area contributed by atoms with Gasteiger partial charge in [0.1, 0.15) is 16.9 Å². The van der Waals surface area contributed by atoms with Gasteiger partial charge in [-0.05, 0) is 17.7 Å². The number of ether oxygens (including phenoxy) is 1. The van der Waals surface area contributed by atoms with E-state index in [-0.39, 0.29) is 11.3 Å². The Morgan fingerprint density at radius 3 is 2.70 bits per heavy atom. The third-order valence-electron chi connectivity index (χ3n) is 4.62. The molecular weight excluding hydrogens is 358 g/mol. The summed E-state index contributed by atoms with van der Waals surface area (Å²) >= 11 is 1.77. The second-order valence-electron chi connectivity index (χ2n) is 6.40. The number of nitrogens with one attached hydrogen (secondary N) is 1. The van der Waals surface area contributed by atoms with Gasteiger partial charge in [0.25, 0.3) is 0 Å². The van der Waals surface area contributed by atoms with E-state index in [4.69, 9.17) is 4.74 Å². The summed E-state index contributed by atoms with van der Waals surface area (Å²) in [5.41, 5.74) is 3.08. The second kappa shape index (κ2) is 7.88. The van der Waals surface area contributed by atoms with Crippen molar-refractivity contribution in [1.82, 2.24) is 14.9 Å². The first kappa shape index (κ1) is 17.7. The first-order valence-electron chi connectivity index (χ1n) is 8.89. The number of H-pyrrole nitrogens is 1. The zero-order valence-electron chi connectivity index (χ0n) is 15.1. The average molecular weight is 379 g/mol. The minimum Gasteiger partial charge on any atom is -0.497 e. The molecule has 1 aliphatic heterocycles. The number of methoxy groups -OCH3 is 1. The molecular formula is C21H21N3O2S. The number of imidazole rings is 1. The molecule has 2 aromatic carbocycles. The molecule has 1 N–H and O–H groups in total. The van der Waals surface area contributed by atoms with E-state index in [1.165, 1.54) is 0 Å². The van der Waals surface area contributed by atoms with Crippen LogP contribution in [-0.4, -0.2) is 33.6 Å². The summed E-state index contributed by atoms with van der Waals surface area (Å²) < 4.78 is 5.22. The van der Waals surface area contributed by atoms with Crippen molar-refractivity contribution in [2.45, 2.75) is 18.3 Å². The molecule has 0 spiro atoms. The molecule has 0 saturated carbocycles. The Labute approximate surface area is 162 Å². The van der Waals surface area contributed by atoms with Crippen molar-refractivity contribution < 1.29 is 9.53 Å². The monoisotopic (exact) mass is 379 g/mol. The van der Waals surface area contributed by atoms with Gasteiger partial charge in [-0.15, -0.1) is 11.8 Å². The summed E-state index contributed by atoms with van der Waals surface area (Å²) in [4.78, 5) is 22.5. The molecule has 0 radical (unpaired) electrons. The molecule has 5 nitrogen and oxygen atoms in total. The smallest absolute Gasteiger partial charge is 0.224 e. The Bertz CT molecular complexity index is 909. The van der Waals surface area contributed by atoms with E-state index in [2.05, 4.69) is 9.97 Å². The van der Waals surface area contributed by atoms with Crippen molar-refractivity contribution in [2.24, 2.45) is 0 Å². The average Bonchev–Trinajstić information content (AvgIpc) is 3.21. The molecule has 1 amide bonds. The number of hydrogen-bond acceptors (Lipinski definition) is 4. The minimum atomic E-state index is -0.0571. The van der Waals surface area contributed by atoms with Gasteiger partial charge in [0.2, 0.25) is 5.91 Å². The molecule has 1 unspecified atom stereocenters. The number of carbonyl (C=O) groups is 1. The van der Waals surface area contributed by atoms with Crippen LogP contribution in [0.5, 0.6) is 5.75 Å². The van der Waals surface area contributed by atoms with E-state index in [0.717, 1.165) is 34.1 Å². The molecule has 1 fully saturated rings. The Balaban J connectivity index is 1.58. The SMILES string of the molecule is COc1ccc(CN2C(=O)CCSC2c2cnc(-c3ccccc3)[nH]2)cc1. The van der Waals surface area contributed by atoms with Gasteiger partial charge in [0.05, 0.1) is 19.0 Å². The number of benzene rings is 2. The van der Waals surface area contributed by atoms with E-state index >= 15 is 0 Å². The molecule has 0 bridgehead atoms. The van der Waals surface area contributed by atoms with E-state index < -0.39 is 0 Å². The molecule has 27 heavy (non-hydrogen) atoms. The van der Waals surface area contributed by atoms with Crippen molar-refractivity contribution in [3.63, 3.8) is 0 Å². The maximum atomic E-state index is 12.6. The molecule has 3 aromatic rings. The number of amides is 1. The molecule has 1 aromatic heterocycles.